The second kappa shape index (κ2) is 23.7. The van der Waals surface area contributed by atoms with E-state index in [9.17, 15) is 0 Å². The molecule has 0 unspecified atom stereocenters. The first kappa shape index (κ1) is 20.5. The molecule has 0 heterocycles. The fraction of sp³-hybridized carbons (Fsp3) is 0.714. The van der Waals surface area contributed by atoms with Gasteiger partial charge in [0, 0.05) is 0 Å². The Morgan fingerprint density at radius 3 is 1.27 bits per heavy atom. The van der Waals surface area contributed by atoms with Crippen LogP contribution in [-0.4, -0.2) is 0 Å². The van der Waals surface area contributed by atoms with Crippen LogP contribution >= 0.6 is 0 Å². The summed E-state index contributed by atoms with van der Waals surface area (Å²) < 4.78 is 0. The number of rotatable bonds is 6. The van der Waals surface area contributed by atoms with Crippen molar-refractivity contribution in [3.05, 3.63) is 24.3 Å². The molecule has 0 aliphatic carbocycles. The van der Waals surface area contributed by atoms with Gasteiger partial charge in [0.2, 0.25) is 0 Å². The van der Waals surface area contributed by atoms with Gasteiger partial charge in [-0.15, -0.1) is 0 Å². The zero-order valence-electron chi connectivity index (χ0n) is 11.1. The predicted octanol–water partition coefficient (Wildman–Crippen LogP) is 5.11. The van der Waals surface area contributed by atoms with Crippen molar-refractivity contribution < 1.29 is 19.5 Å². The van der Waals surface area contributed by atoms with Crippen LogP contribution in [0.4, 0.5) is 0 Å². The van der Waals surface area contributed by atoms with Gasteiger partial charge in [-0.2, -0.15) is 12.8 Å². The summed E-state index contributed by atoms with van der Waals surface area (Å²) in [5.74, 6) is 0. The summed E-state index contributed by atoms with van der Waals surface area (Å²) in [5, 5.41) is 0. The van der Waals surface area contributed by atoms with Crippen molar-refractivity contribution in [2.24, 2.45) is 0 Å². The molecule has 0 saturated carbocycles. The Hall–Kier alpha value is 0.103. The van der Waals surface area contributed by atoms with E-state index in [2.05, 4.69) is 52.0 Å². The van der Waals surface area contributed by atoms with Gasteiger partial charge in [-0.1, -0.05) is 53.4 Å². The van der Waals surface area contributed by atoms with Gasteiger partial charge in [0.1, 0.15) is 0 Å². The fourth-order valence-electron chi connectivity index (χ4n) is 0.781. The molecule has 0 atom stereocenters. The Kier molecular flexibility index (Phi) is 32.4. The van der Waals surface area contributed by atoms with Crippen molar-refractivity contribution in [1.82, 2.24) is 0 Å². The Balaban J connectivity index is -0.000000180. The molecule has 0 nitrogen and oxygen atoms in total. The van der Waals surface area contributed by atoms with Crippen LogP contribution in [-0.2, 0) is 19.5 Å². The monoisotopic (exact) mass is 258 g/mol. The first-order valence-corrected chi connectivity index (χ1v) is 5.93. The minimum Gasteiger partial charge on any atom is -0.501 e. The van der Waals surface area contributed by atoms with Crippen LogP contribution in [0.1, 0.15) is 66.2 Å². The third-order valence-corrected chi connectivity index (χ3v) is 1.49. The molecule has 0 aliphatic heterocycles. The smallest absolute Gasteiger partial charge is 0.501 e. The maximum Gasteiger partial charge on any atom is 2.00 e. The van der Waals surface area contributed by atoms with E-state index in [1.165, 1.54) is 12.8 Å². The molecule has 0 rings (SSSR count). The van der Waals surface area contributed by atoms with E-state index in [-0.39, 0.29) is 19.5 Å². The number of allylic oxidation sites excluding steroid dienone is 4. The minimum atomic E-state index is 0. The number of unbranched alkanes of at least 4 members (excludes halogenated alkanes) is 2. The summed E-state index contributed by atoms with van der Waals surface area (Å²) in [7, 11) is 0. The van der Waals surface area contributed by atoms with E-state index in [4.69, 9.17) is 0 Å². The Labute approximate surface area is 110 Å². The standard InChI is InChI=1S/2C7H13.Zn/c2*1-3-5-7-6-4-2;/h2*5H,3-4,6H2,1-2H3;/q2*-1;+2. The maximum atomic E-state index is 3.16. The Bertz CT molecular complexity index is 109. The van der Waals surface area contributed by atoms with Gasteiger partial charge in [-0.3, -0.25) is 12.2 Å². The maximum absolute atomic E-state index is 3.16. The normalized spacial score (nSPS) is 9.87. The molecule has 84 valence electrons. The van der Waals surface area contributed by atoms with E-state index in [1.54, 1.807) is 0 Å². The van der Waals surface area contributed by atoms with Gasteiger partial charge in [0.15, 0.2) is 0 Å². The third-order valence-electron chi connectivity index (χ3n) is 1.49. The zero-order valence-corrected chi connectivity index (χ0v) is 14.1. The van der Waals surface area contributed by atoms with Gasteiger partial charge in [-0.05, 0) is 0 Å². The molecule has 0 aromatic rings. The molecule has 0 N–H and O–H groups in total. The third kappa shape index (κ3) is 31.5. The first-order chi connectivity index (χ1) is 6.83. The fourth-order valence-corrected chi connectivity index (χ4v) is 0.781. The van der Waals surface area contributed by atoms with E-state index >= 15 is 0 Å². The summed E-state index contributed by atoms with van der Waals surface area (Å²) in [6.07, 6.45) is 17.4. The topological polar surface area (TPSA) is 0 Å². The number of hydrogen-bond donors (Lipinski definition) is 0. The molecule has 1 heteroatoms. The molecular formula is C14H26Zn. The summed E-state index contributed by atoms with van der Waals surface area (Å²) in [6.45, 7) is 8.58. The van der Waals surface area contributed by atoms with Crippen molar-refractivity contribution in [3.63, 3.8) is 0 Å². The van der Waals surface area contributed by atoms with Crippen molar-refractivity contribution in [2.75, 3.05) is 0 Å². The van der Waals surface area contributed by atoms with E-state index in [0.29, 0.717) is 0 Å². The van der Waals surface area contributed by atoms with Crippen LogP contribution in [0.25, 0.3) is 0 Å². The van der Waals surface area contributed by atoms with Gasteiger partial charge in [-0.25, -0.2) is 0 Å². The van der Waals surface area contributed by atoms with Crippen LogP contribution in [0.5, 0.6) is 0 Å². The molecule has 0 fully saturated rings. The SMILES string of the molecule is CCC=[C-]CCC.CCC=[C-]CCC.[Zn+2]. The average Bonchev–Trinajstić information content (AvgIpc) is 2.21. The Morgan fingerprint density at radius 1 is 0.733 bits per heavy atom. The van der Waals surface area contributed by atoms with Crippen molar-refractivity contribution in [2.45, 2.75) is 66.2 Å². The van der Waals surface area contributed by atoms with Gasteiger partial charge in [0.05, 0.1) is 0 Å². The van der Waals surface area contributed by atoms with Crippen LogP contribution < -0.4 is 0 Å². The number of hydrogen-bond acceptors (Lipinski definition) is 0. The second-order valence-corrected chi connectivity index (χ2v) is 3.13. The van der Waals surface area contributed by atoms with E-state index in [0.717, 1.165) is 25.7 Å². The van der Waals surface area contributed by atoms with Crippen LogP contribution in [0.15, 0.2) is 12.2 Å². The van der Waals surface area contributed by atoms with E-state index in [1.807, 2.05) is 0 Å². The van der Waals surface area contributed by atoms with Crippen molar-refractivity contribution in [1.29, 1.82) is 0 Å². The molecular weight excluding hydrogens is 234 g/mol. The summed E-state index contributed by atoms with van der Waals surface area (Å²) in [4.78, 5) is 0. The summed E-state index contributed by atoms with van der Waals surface area (Å²) in [6, 6.07) is 0. The molecule has 0 radical (unpaired) electrons. The summed E-state index contributed by atoms with van der Waals surface area (Å²) >= 11 is 0. The first-order valence-electron chi connectivity index (χ1n) is 5.93. The zero-order chi connectivity index (χ0) is 11.1. The van der Waals surface area contributed by atoms with Gasteiger partial charge < -0.3 is 12.2 Å². The van der Waals surface area contributed by atoms with Crippen molar-refractivity contribution >= 4 is 0 Å². The molecule has 0 spiro atoms. The van der Waals surface area contributed by atoms with E-state index < -0.39 is 0 Å². The summed E-state index contributed by atoms with van der Waals surface area (Å²) in [5.41, 5.74) is 0. The molecule has 0 aromatic carbocycles. The largest absolute Gasteiger partial charge is 2.00 e. The quantitative estimate of drug-likeness (QED) is 0.459. The second-order valence-electron chi connectivity index (χ2n) is 3.13. The van der Waals surface area contributed by atoms with Gasteiger partial charge in [0.25, 0.3) is 0 Å². The molecule has 0 aromatic heterocycles. The molecule has 0 saturated heterocycles. The van der Waals surface area contributed by atoms with Crippen LogP contribution in [0.2, 0.25) is 0 Å². The molecule has 0 amide bonds. The average molecular weight is 260 g/mol. The van der Waals surface area contributed by atoms with Crippen molar-refractivity contribution in [3.8, 4) is 0 Å². The molecule has 15 heavy (non-hydrogen) atoms. The molecule has 0 bridgehead atoms. The Morgan fingerprint density at radius 2 is 1.07 bits per heavy atom. The molecule has 0 aliphatic rings. The van der Waals surface area contributed by atoms with Crippen LogP contribution in [0.3, 0.4) is 0 Å². The van der Waals surface area contributed by atoms with Gasteiger partial charge >= 0.3 is 19.5 Å². The van der Waals surface area contributed by atoms with Crippen LogP contribution in [0, 0.1) is 12.2 Å². The predicted molar refractivity (Wildman–Crippen MR) is 66.0 cm³/mol. The minimum absolute atomic E-state index is 0.